The van der Waals surface area contributed by atoms with Gasteiger partial charge >= 0.3 is 0 Å². The highest BCUT2D eigenvalue weighted by molar-refractivity contribution is 5.95. The van der Waals surface area contributed by atoms with Gasteiger partial charge in [-0.05, 0) is 63.4 Å². The molecule has 1 N–H and O–H groups in total. The second kappa shape index (κ2) is 12.3. The summed E-state index contributed by atoms with van der Waals surface area (Å²) in [5.41, 5.74) is 1.46. The zero-order valence-corrected chi connectivity index (χ0v) is 21.3. The maximum Gasteiger partial charge on any atom is 0.254 e. The van der Waals surface area contributed by atoms with Crippen LogP contribution >= 0.6 is 0 Å². The van der Waals surface area contributed by atoms with E-state index in [0.29, 0.717) is 67.7 Å². The van der Waals surface area contributed by atoms with Crippen LogP contribution in [0.2, 0.25) is 0 Å². The number of nitrogens with zero attached hydrogens (tertiary/aromatic N) is 1. The smallest absolute Gasteiger partial charge is 0.254 e. The number of ether oxygens (including phenoxy) is 4. The lowest BCUT2D eigenvalue weighted by molar-refractivity contribution is -0.127. The van der Waals surface area contributed by atoms with E-state index in [1.54, 1.807) is 37.3 Å². The summed E-state index contributed by atoms with van der Waals surface area (Å²) in [6.07, 6.45) is 1.22. The molecular weight excluding hydrogens is 448 g/mol. The molecule has 1 heterocycles. The van der Waals surface area contributed by atoms with E-state index in [1.165, 1.54) is 0 Å². The number of benzene rings is 2. The van der Waals surface area contributed by atoms with Crippen LogP contribution in [0.25, 0.3) is 0 Å². The Morgan fingerprint density at radius 1 is 0.943 bits per heavy atom. The standard InChI is InChI=1S/C27H36N2O6/c1-6-34-24-9-8-20(16-25(24)35-7-2)18(3)28-26(30)19-10-12-29(13-11-19)27(31)21-14-22(32-4)17-23(15-21)33-5/h8-9,14-19H,6-7,10-13H2,1-5H3,(H,28,30). The molecule has 35 heavy (non-hydrogen) atoms. The zero-order chi connectivity index (χ0) is 25.4. The van der Waals surface area contributed by atoms with Gasteiger partial charge in [0.05, 0.1) is 33.5 Å². The molecule has 1 aliphatic heterocycles. The first-order chi connectivity index (χ1) is 16.9. The Bertz CT molecular complexity index is 994. The van der Waals surface area contributed by atoms with Crippen LogP contribution < -0.4 is 24.3 Å². The molecule has 190 valence electrons. The maximum absolute atomic E-state index is 13.0. The van der Waals surface area contributed by atoms with Gasteiger partial charge < -0.3 is 29.2 Å². The number of amides is 2. The summed E-state index contributed by atoms with van der Waals surface area (Å²) in [7, 11) is 3.11. The van der Waals surface area contributed by atoms with Gasteiger partial charge in [0.15, 0.2) is 11.5 Å². The molecule has 1 atom stereocenters. The van der Waals surface area contributed by atoms with E-state index in [1.807, 2.05) is 39.0 Å². The van der Waals surface area contributed by atoms with E-state index in [9.17, 15) is 9.59 Å². The fourth-order valence-corrected chi connectivity index (χ4v) is 4.21. The van der Waals surface area contributed by atoms with Crippen molar-refractivity contribution in [3.8, 4) is 23.0 Å². The average Bonchev–Trinajstić information content (AvgIpc) is 2.89. The third-order valence-electron chi connectivity index (χ3n) is 6.18. The van der Waals surface area contributed by atoms with Crippen molar-refractivity contribution >= 4 is 11.8 Å². The van der Waals surface area contributed by atoms with E-state index in [0.717, 1.165) is 5.56 Å². The van der Waals surface area contributed by atoms with E-state index in [4.69, 9.17) is 18.9 Å². The molecule has 2 aromatic carbocycles. The molecule has 8 heteroatoms. The van der Waals surface area contributed by atoms with Crippen LogP contribution in [0, 0.1) is 5.92 Å². The molecule has 3 rings (SSSR count). The van der Waals surface area contributed by atoms with Crippen molar-refractivity contribution in [1.29, 1.82) is 0 Å². The van der Waals surface area contributed by atoms with Crippen LogP contribution in [0.3, 0.4) is 0 Å². The Kier molecular flexibility index (Phi) is 9.23. The monoisotopic (exact) mass is 484 g/mol. The van der Waals surface area contributed by atoms with E-state index < -0.39 is 0 Å². The summed E-state index contributed by atoms with van der Waals surface area (Å²) >= 11 is 0. The van der Waals surface area contributed by atoms with Crippen molar-refractivity contribution in [3.63, 3.8) is 0 Å². The number of hydrogen-bond donors (Lipinski definition) is 1. The third-order valence-corrected chi connectivity index (χ3v) is 6.18. The maximum atomic E-state index is 13.0. The highest BCUT2D eigenvalue weighted by atomic mass is 16.5. The first-order valence-electron chi connectivity index (χ1n) is 12.1. The molecule has 1 aliphatic rings. The highest BCUT2D eigenvalue weighted by Gasteiger charge is 2.29. The Morgan fingerprint density at radius 3 is 2.11 bits per heavy atom. The van der Waals surface area contributed by atoms with Gasteiger partial charge in [-0.1, -0.05) is 6.07 Å². The number of likely N-dealkylation sites (tertiary alicyclic amines) is 1. The third kappa shape index (κ3) is 6.59. The minimum absolute atomic E-state index is 0.000469. The Labute approximate surface area is 207 Å². The first kappa shape index (κ1) is 26.2. The SMILES string of the molecule is CCOc1ccc(C(C)NC(=O)C2CCN(C(=O)c3cc(OC)cc(OC)c3)CC2)cc1OCC. The number of nitrogens with one attached hydrogen (secondary N) is 1. The summed E-state index contributed by atoms with van der Waals surface area (Å²) in [6.45, 7) is 7.93. The fourth-order valence-electron chi connectivity index (χ4n) is 4.21. The van der Waals surface area contributed by atoms with Crippen molar-refractivity contribution in [2.75, 3.05) is 40.5 Å². The quantitative estimate of drug-likeness (QED) is 0.543. The Morgan fingerprint density at radius 2 is 1.54 bits per heavy atom. The van der Waals surface area contributed by atoms with Gasteiger partial charge in [-0.25, -0.2) is 0 Å². The lowest BCUT2D eigenvalue weighted by Crippen LogP contribution is -2.43. The highest BCUT2D eigenvalue weighted by Crippen LogP contribution is 2.31. The topological polar surface area (TPSA) is 86.3 Å². The number of rotatable bonds is 10. The molecule has 0 aliphatic carbocycles. The average molecular weight is 485 g/mol. The van der Waals surface area contributed by atoms with E-state index >= 15 is 0 Å². The summed E-state index contributed by atoms with van der Waals surface area (Å²) < 4.78 is 21.9. The van der Waals surface area contributed by atoms with Gasteiger partial charge in [0.1, 0.15) is 11.5 Å². The summed E-state index contributed by atoms with van der Waals surface area (Å²) in [5.74, 6) is 2.27. The van der Waals surface area contributed by atoms with Gasteiger partial charge in [0, 0.05) is 30.6 Å². The molecule has 8 nitrogen and oxygen atoms in total. The molecule has 0 radical (unpaired) electrons. The summed E-state index contributed by atoms with van der Waals surface area (Å²) in [4.78, 5) is 27.8. The second-order valence-corrected chi connectivity index (χ2v) is 8.47. The fraction of sp³-hybridized carbons (Fsp3) is 0.481. The van der Waals surface area contributed by atoms with Crippen LogP contribution in [0.4, 0.5) is 0 Å². The van der Waals surface area contributed by atoms with Crippen LogP contribution in [0.15, 0.2) is 36.4 Å². The van der Waals surface area contributed by atoms with Crippen molar-refractivity contribution in [3.05, 3.63) is 47.5 Å². The minimum Gasteiger partial charge on any atom is -0.497 e. The van der Waals surface area contributed by atoms with Crippen LogP contribution in [0.5, 0.6) is 23.0 Å². The minimum atomic E-state index is -0.179. The molecule has 2 amide bonds. The summed E-state index contributed by atoms with van der Waals surface area (Å²) in [5, 5.41) is 3.12. The molecule has 1 unspecified atom stereocenters. The predicted molar refractivity (Wildman–Crippen MR) is 134 cm³/mol. The molecule has 0 bridgehead atoms. The molecule has 0 aromatic heterocycles. The zero-order valence-electron chi connectivity index (χ0n) is 21.3. The van der Waals surface area contributed by atoms with Crippen molar-refractivity contribution in [1.82, 2.24) is 10.2 Å². The van der Waals surface area contributed by atoms with Crippen LogP contribution in [0.1, 0.15) is 55.6 Å². The number of piperidine rings is 1. The predicted octanol–water partition coefficient (Wildman–Crippen LogP) is 4.23. The van der Waals surface area contributed by atoms with Gasteiger partial charge in [-0.15, -0.1) is 0 Å². The number of carbonyl (C=O) groups excluding carboxylic acids is 2. The second-order valence-electron chi connectivity index (χ2n) is 8.47. The van der Waals surface area contributed by atoms with Gasteiger partial charge in [0.25, 0.3) is 5.91 Å². The van der Waals surface area contributed by atoms with Crippen LogP contribution in [-0.2, 0) is 4.79 Å². The lowest BCUT2D eigenvalue weighted by atomic mass is 9.94. The van der Waals surface area contributed by atoms with E-state index in [2.05, 4.69) is 5.32 Å². The van der Waals surface area contributed by atoms with Crippen molar-refractivity contribution in [2.45, 2.75) is 39.7 Å². The number of hydrogen-bond acceptors (Lipinski definition) is 6. The van der Waals surface area contributed by atoms with Crippen molar-refractivity contribution in [2.24, 2.45) is 5.92 Å². The van der Waals surface area contributed by atoms with Gasteiger partial charge in [-0.3, -0.25) is 9.59 Å². The Hall–Kier alpha value is -3.42. The molecule has 0 spiro atoms. The van der Waals surface area contributed by atoms with Gasteiger partial charge in [0.2, 0.25) is 5.91 Å². The van der Waals surface area contributed by atoms with Gasteiger partial charge in [-0.2, -0.15) is 0 Å². The van der Waals surface area contributed by atoms with Crippen molar-refractivity contribution < 1.29 is 28.5 Å². The molecular formula is C27H36N2O6. The first-order valence-corrected chi connectivity index (χ1v) is 12.1. The normalized spacial score (nSPS) is 14.7. The number of carbonyl (C=O) groups is 2. The molecule has 2 aromatic rings. The lowest BCUT2D eigenvalue weighted by Gasteiger charge is -2.32. The molecule has 1 saturated heterocycles. The molecule has 1 fully saturated rings. The largest absolute Gasteiger partial charge is 0.497 e. The Balaban J connectivity index is 1.58. The summed E-state index contributed by atoms with van der Waals surface area (Å²) in [6, 6.07) is 10.7. The molecule has 0 saturated carbocycles. The van der Waals surface area contributed by atoms with E-state index in [-0.39, 0.29) is 23.8 Å². The van der Waals surface area contributed by atoms with Crippen LogP contribution in [-0.4, -0.2) is 57.2 Å². The number of methoxy groups -OCH3 is 2.